The standard InChI is InChI=1S/C5H13N3S/c6-5(7)8-3-1-2-4-9-5/h8H,1-4,6-7H2. The highest BCUT2D eigenvalue weighted by Gasteiger charge is 2.19. The minimum Gasteiger partial charge on any atom is -0.292 e. The van der Waals surface area contributed by atoms with Crippen molar-refractivity contribution in [1.29, 1.82) is 0 Å². The molecule has 0 radical (unpaired) electrons. The topological polar surface area (TPSA) is 64.1 Å². The Kier molecular flexibility index (Phi) is 2.35. The normalized spacial score (nSPS) is 27.3. The van der Waals surface area contributed by atoms with Crippen LogP contribution in [0.25, 0.3) is 0 Å². The summed E-state index contributed by atoms with van der Waals surface area (Å²) in [6.45, 7) is 0.944. The minimum atomic E-state index is -0.670. The van der Waals surface area contributed by atoms with Gasteiger partial charge in [0.25, 0.3) is 0 Å². The van der Waals surface area contributed by atoms with E-state index in [1.54, 1.807) is 11.8 Å². The molecule has 0 spiro atoms. The lowest BCUT2D eigenvalue weighted by molar-refractivity contribution is 0.499. The van der Waals surface area contributed by atoms with Crippen LogP contribution in [0.5, 0.6) is 0 Å². The Balaban J connectivity index is 2.36. The van der Waals surface area contributed by atoms with Gasteiger partial charge in [-0.1, -0.05) is 0 Å². The van der Waals surface area contributed by atoms with Crippen LogP contribution in [-0.2, 0) is 0 Å². The Labute approximate surface area is 59.5 Å². The average Bonchev–Trinajstić information content (AvgIpc) is 1.92. The van der Waals surface area contributed by atoms with Crippen LogP contribution in [-0.4, -0.2) is 17.4 Å². The molecule has 1 rings (SSSR count). The summed E-state index contributed by atoms with van der Waals surface area (Å²) in [6, 6.07) is 0. The van der Waals surface area contributed by atoms with Gasteiger partial charge < -0.3 is 0 Å². The van der Waals surface area contributed by atoms with Crippen molar-refractivity contribution in [3.8, 4) is 0 Å². The summed E-state index contributed by atoms with van der Waals surface area (Å²) in [5, 5.41) is 2.37. The lowest BCUT2D eigenvalue weighted by Gasteiger charge is -2.21. The number of nitrogens with two attached hydrogens (primary N) is 2. The van der Waals surface area contributed by atoms with Crippen LogP contribution in [0, 0.1) is 0 Å². The van der Waals surface area contributed by atoms with E-state index < -0.39 is 5.12 Å². The third-order valence-electron chi connectivity index (χ3n) is 1.31. The maximum absolute atomic E-state index is 5.61. The first-order valence-electron chi connectivity index (χ1n) is 3.17. The van der Waals surface area contributed by atoms with Crippen molar-refractivity contribution in [3.63, 3.8) is 0 Å². The van der Waals surface area contributed by atoms with Crippen LogP contribution >= 0.6 is 11.8 Å². The van der Waals surface area contributed by atoms with Gasteiger partial charge in [0.1, 0.15) is 0 Å². The summed E-state index contributed by atoms with van der Waals surface area (Å²) >= 11 is 1.59. The number of rotatable bonds is 0. The average molecular weight is 147 g/mol. The van der Waals surface area contributed by atoms with Crippen molar-refractivity contribution in [1.82, 2.24) is 5.32 Å². The highest BCUT2D eigenvalue weighted by atomic mass is 32.2. The summed E-state index contributed by atoms with van der Waals surface area (Å²) < 4.78 is 0. The molecule has 0 aromatic rings. The van der Waals surface area contributed by atoms with Gasteiger partial charge >= 0.3 is 0 Å². The van der Waals surface area contributed by atoms with Gasteiger partial charge in [0.05, 0.1) is 0 Å². The van der Waals surface area contributed by atoms with Gasteiger partial charge in [0.15, 0.2) is 5.12 Å². The molecule has 0 aliphatic carbocycles. The van der Waals surface area contributed by atoms with Gasteiger partial charge in [-0.15, -0.1) is 11.8 Å². The van der Waals surface area contributed by atoms with Crippen LogP contribution in [0.2, 0.25) is 0 Å². The lowest BCUT2D eigenvalue weighted by atomic mass is 10.3. The molecule has 1 fully saturated rings. The molecule has 1 heterocycles. The van der Waals surface area contributed by atoms with Crippen molar-refractivity contribution in [3.05, 3.63) is 0 Å². The van der Waals surface area contributed by atoms with Crippen molar-refractivity contribution in [2.24, 2.45) is 11.5 Å². The van der Waals surface area contributed by atoms with Gasteiger partial charge in [0.2, 0.25) is 0 Å². The first-order chi connectivity index (χ1) is 4.21. The predicted octanol–water partition coefficient (Wildman–Crippen LogP) is -0.368. The second kappa shape index (κ2) is 2.88. The molecule has 0 bridgehead atoms. The van der Waals surface area contributed by atoms with Crippen LogP contribution < -0.4 is 16.8 Å². The van der Waals surface area contributed by atoms with E-state index in [0.29, 0.717) is 0 Å². The Bertz CT molecular complexity index is 84.2. The molecule has 0 amide bonds. The van der Waals surface area contributed by atoms with E-state index in [-0.39, 0.29) is 0 Å². The molecular formula is C5H13N3S. The lowest BCUT2D eigenvalue weighted by Crippen LogP contribution is -2.58. The third kappa shape index (κ3) is 2.53. The minimum absolute atomic E-state index is 0.670. The van der Waals surface area contributed by atoms with E-state index in [0.717, 1.165) is 12.3 Å². The molecule has 9 heavy (non-hydrogen) atoms. The third-order valence-corrected chi connectivity index (χ3v) is 2.43. The first-order valence-corrected chi connectivity index (χ1v) is 4.16. The Morgan fingerprint density at radius 1 is 1.33 bits per heavy atom. The number of hydrogen-bond donors (Lipinski definition) is 3. The van der Waals surface area contributed by atoms with Crippen LogP contribution in [0.15, 0.2) is 0 Å². The molecule has 0 atom stereocenters. The second-order valence-corrected chi connectivity index (χ2v) is 3.65. The summed E-state index contributed by atoms with van der Waals surface area (Å²) in [5.74, 6) is 1.07. The fraction of sp³-hybridized carbons (Fsp3) is 1.00. The fourth-order valence-corrected chi connectivity index (χ4v) is 1.69. The molecule has 3 nitrogen and oxygen atoms in total. The van der Waals surface area contributed by atoms with E-state index in [2.05, 4.69) is 5.32 Å². The smallest absolute Gasteiger partial charge is 0.168 e. The molecule has 0 unspecified atom stereocenters. The van der Waals surface area contributed by atoms with Crippen LogP contribution in [0.3, 0.4) is 0 Å². The van der Waals surface area contributed by atoms with Crippen molar-refractivity contribution in [2.45, 2.75) is 18.0 Å². The van der Waals surface area contributed by atoms with E-state index >= 15 is 0 Å². The number of hydrogen-bond acceptors (Lipinski definition) is 4. The molecule has 0 aromatic heterocycles. The molecule has 54 valence electrons. The zero-order valence-corrected chi connectivity index (χ0v) is 6.21. The summed E-state index contributed by atoms with van der Waals surface area (Å²) in [7, 11) is 0. The zero-order chi connectivity index (χ0) is 6.74. The van der Waals surface area contributed by atoms with E-state index in [1.807, 2.05) is 0 Å². The summed E-state index contributed by atoms with van der Waals surface area (Å²) in [4.78, 5) is 0. The molecule has 0 saturated carbocycles. The van der Waals surface area contributed by atoms with Crippen LogP contribution in [0.4, 0.5) is 0 Å². The highest BCUT2D eigenvalue weighted by molar-refractivity contribution is 8.00. The highest BCUT2D eigenvalue weighted by Crippen LogP contribution is 2.15. The van der Waals surface area contributed by atoms with E-state index in [4.69, 9.17) is 11.5 Å². The Morgan fingerprint density at radius 2 is 2.11 bits per heavy atom. The molecule has 5 N–H and O–H groups in total. The molecular weight excluding hydrogens is 134 g/mol. The van der Waals surface area contributed by atoms with Crippen molar-refractivity contribution >= 4 is 11.8 Å². The van der Waals surface area contributed by atoms with Crippen LogP contribution in [0.1, 0.15) is 12.8 Å². The maximum atomic E-state index is 5.61. The molecule has 4 heteroatoms. The number of nitrogens with one attached hydrogen (secondary N) is 1. The van der Waals surface area contributed by atoms with Gasteiger partial charge in [-0.2, -0.15) is 0 Å². The van der Waals surface area contributed by atoms with Gasteiger partial charge in [0, 0.05) is 0 Å². The fourth-order valence-electron chi connectivity index (χ4n) is 0.803. The zero-order valence-electron chi connectivity index (χ0n) is 5.39. The monoisotopic (exact) mass is 147 g/mol. The number of thioether (sulfide) groups is 1. The van der Waals surface area contributed by atoms with Crippen molar-refractivity contribution < 1.29 is 0 Å². The first kappa shape index (κ1) is 7.34. The van der Waals surface area contributed by atoms with Gasteiger partial charge in [-0.05, 0) is 25.1 Å². The molecule has 1 aliphatic heterocycles. The maximum Gasteiger partial charge on any atom is 0.168 e. The van der Waals surface area contributed by atoms with E-state index in [9.17, 15) is 0 Å². The Hall–Kier alpha value is 0.230. The molecule has 1 saturated heterocycles. The van der Waals surface area contributed by atoms with Gasteiger partial charge in [-0.3, -0.25) is 16.8 Å². The van der Waals surface area contributed by atoms with Crippen molar-refractivity contribution in [2.75, 3.05) is 12.3 Å². The molecule has 0 aromatic carbocycles. The van der Waals surface area contributed by atoms with E-state index in [1.165, 1.54) is 12.8 Å². The predicted molar refractivity (Wildman–Crippen MR) is 40.8 cm³/mol. The van der Waals surface area contributed by atoms with Gasteiger partial charge in [-0.25, -0.2) is 0 Å². The summed E-state index contributed by atoms with van der Waals surface area (Å²) in [6.07, 6.45) is 2.40. The largest absolute Gasteiger partial charge is 0.292 e. The second-order valence-electron chi connectivity index (χ2n) is 2.28. The Morgan fingerprint density at radius 3 is 2.89 bits per heavy atom. The summed E-state index contributed by atoms with van der Waals surface area (Å²) in [5.41, 5.74) is 11.2. The molecule has 1 aliphatic rings. The SMILES string of the molecule is NC1(N)NCCCCS1. The quantitative estimate of drug-likeness (QED) is 0.409.